The third-order valence-electron chi connectivity index (χ3n) is 3.77. The first-order valence-corrected chi connectivity index (χ1v) is 6.73. The molecule has 0 unspecified atom stereocenters. The maximum atomic E-state index is 6.27. The quantitative estimate of drug-likeness (QED) is 0.758. The van der Waals surface area contributed by atoms with Gasteiger partial charge in [-0.3, -0.25) is 4.68 Å². The van der Waals surface area contributed by atoms with Gasteiger partial charge in [0.25, 0.3) is 0 Å². The van der Waals surface area contributed by atoms with Crippen molar-refractivity contribution in [3.8, 4) is 0 Å². The first kappa shape index (κ1) is 12.3. The molecule has 0 aromatic carbocycles. The number of hydrogen-bond donors (Lipinski definition) is 0. The largest absolute Gasteiger partial charge is 0.257 e. The Morgan fingerprint density at radius 1 is 1.38 bits per heavy atom. The number of halogens is 2. The second-order valence-corrected chi connectivity index (χ2v) is 5.62. The highest BCUT2D eigenvalue weighted by Crippen LogP contribution is 2.43. The van der Waals surface area contributed by atoms with Gasteiger partial charge in [0.15, 0.2) is 0 Å². The minimum absolute atomic E-state index is 0.263. The minimum atomic E-state index is 0.263. The van der Waals surface area contributed by atoms with Gasteiger partial charge in [-0.2, -0.15) is 5.10 Å². The zero-order valence-corrected chi connectivity index (χ0v) is 11.4. The molecular weight excluding hydrogens is 243 g/mol. The highest BCUT2D eigenvalue weighted by atomic mass is 35.5. The van der Waals surface area contributed by atoms with Gasteiger partial charge >= 0.3 is 0 Å². The van der Waals surface area contributed by atoms with Gasteiger partial charge < -0.3 is 0 Å². The highest BCUT2D eigenvalue weighted by Gasteiger charge is 2.34. The van der Waals surface area contributed by atoms with Crippen LogP contribution in [-0.2, 0) is 13.5 Å². The van der Waals surface area contributed by atoms with Gasteiger partial charge in [-0.1, -0.05) is 24.4 Å². The molecule has 1 aliphatic carbocycles. The van der Waals surface area contributed by atoms with Crippen molar-refractivity contribution in [1.29, 1.82) is 0 Å². The van der Waals surface area contributed by atoms with Gasteiger partial charge in [0.1, 0.15) is 5.15 Å². The maximum absolute atomic E-state index is 6.27. The molecule has 0 N–H and O–H groups in total. The van der Waals surface area contributed by atoms with E-state index in [9.17, 15) is 0 Å². The van der Waals surface area contributed by atoms with Crippen LogP contribution in [0.25, 0.3) is 0 Å². The molecule has 0 atom stereocenters. The lowest BCUT2D eigenvalue weighted by atomic mass is 9.82. The van der Waals surface area contributed by atoms with Crippen LogP contribution >= 0.6 is 23.2 Å². The van der Waals surface area contributed by atoms with E-state index >= 15 is 0 Å². The van der Waals surface area contributed by atoms with E-state index < -0.39 is 0 Å². The molecular formula is C12H18Cl2N2. The predicted octanol–water partition coefficient (Wildman–Crippen LogP) is 3.72. The molecule has 1 aromatic heterocycles. The molecule has 0 spiro atoms. The lowest BCUT2D eigenvalue weighted by molar-refractivity contribution is 0.340. The number of aryl methyl sites for hydroxylation is 2. The fourth-order valence-corrected chi connectivity index (χ4v) is 3.34. The average Bonchev–Trinajstić information content (AvgIpc) is 2.81. The summed E-state index contributed by atoms with van der Waals surface area (Å²) >= 11 is 12.4. The molecule has 4 heteroatoms. The molecule has 16 heavy (non-hydrogen) atoms. The summed E-state index contributed by atoms with van der Waals surface area (Å²) in [5, 5.41) is 5.13. The number of alkyl halides is 1. The van der Waals surface area contributed by atoms with E-state index in [-0.39, 0.29) is 5.41 Å². The molecule has 90 valence electrons. The molecule has 0 saturated heterocycles. The van der Waals surface area contributed by atoms with Crippen molar-refractivity contribution in [2.45, 2.75) is 39.0 Å². The maximum Gasteiger partial charge on any atom is 0.130 e. The Morgan fingerprint density at radius 3 is 2.44 bits per heavy atom. The molecule has 1 aliphatic rings. The Balaban J connectivity index is 2.25. The Labute approximate surface area is 107 Å². The standard InChI is InChI=1S/C12H18Cl2N2/c1-9-10(11(14)16(2)15-9)7-12(8-13)5-3-4-6-12/h3-8H2,1-2H3. The smallest absolute Gasteiger partial charge is 0.130 e. The first-order chi connectivity index (χ1) is 7.58. The van der Waals surface area contributed by atoms with Crippen molar-refractivity contribution in [2.24, 2.45) is 12.5 Å². The van der Waals surface area contributed by atoms with Crippen molar-refractivity contribution in [1.82, 2.24) is 9.78 Å². The van der Waals surface area contributed by atoms with E-state index in [2.05, 4.69) is 5.10 Å². The van der Waals surface area contributed by atoms with Crippen molar-refractivity contribution < 1.29 is 0 Å². The van der Waals surface area contributed by atoms with Crippen LogP contribution in [0.3, 0.4) is 0 Å². The Bertz CT molecular complexity index is 379. The topological polar surface area (TPSA) is 17.8 Å². The van der Waals surface area contributed by atoms with E-state index in [4.69, 9.17) is 23.2 Å². The summed E-state index contributed by atoms with van der Waals surface area (Å²) < 4.78 is 1.75. The number of rotatable bonds is 3. The zero-order valence-electron chi connectivity index (χ0n) is 9.89. The molecule has 2 rings (SSSR count). The normalized spacial score (nSPS) is 19.2. The van der Waals surface area contributed by atoms with E-state index in [1.165, 1.54) is 31.2 Å². The van der Waals surface area contributed by atoms with E-state index in [0.717, 1.165) is 23.1 Å². The van der Waals surface area contributed by atoms with Crippen LogP contribution in [0.5, 0.6) is 0 Å². The lowest BCUT2D eigenvalue weighted by Gasteiger charge is -2.26. The third-order valence-corrected chi connectivity index (χ3v) is 4.81. The Morgan fingerprint density at radius 2 is 2.00 bits per heavy atom. The van der Waals surface area contributed by atoms with Crippen LogP contribution in [-0.4, -0.2) is 15.7 Å². The summed E-state index contributed by atoms with van der Waals surface area (Å²) in [6.45, 7) is 2.03. The molecule has 0 aliphatic heterocycles. The van der Waals surface area contributed by atoms with Crippen molar-refractivity contribution >= 4 is 23.2 Å². The summed E-state index contributed by atoms with van der Waals surface area (Å²) in [6.07, 6.45) is 6.02. The number of nitrogens with zero attached hydrogens (tertiary/aromatic N) is 2. The SMILES string of the molecule is Cc1nn(C)c(Cl)c1CC1(CCl)CCCC1. The van der Waals surface area contributed by atoms with Gasteiger partial charge in [0.2, 0.25) is 0 Å². The highest BCUT2D eigenvalue weighted by molar-refractivity contribution is 6.30. The molecule has 0 radical (unpaired) electrons. The molecule has 1 saturated carbocycles. The van der Waals surface area contributed by atoms with E-state index in [0.29, 0.717) is 0 Å². The Hall–Kier alpha value is -0.210. The van der Waals surface area contributed by atoms with Crippen LogP contribution < -0.4 is 0 Å². The molecule has 1 heterocycles. The van der Waals surface area contributed by atoms with Crippen LogP contribution in [0.2, 0.25) is 5.15 Å². The van der Waals surface area contributed by atoms with Crippen LogP contribution in [0.1, 0.15) is 36.9 Å². The van der Waals surface area contributed by atoms with E-state index in [1.807, 2.05) is 14.0 Å². The average molecular weight is 261 g/mol. The molecule has 2 nitrogen and oxygen atoms in total. The summed E-state index contributed by atoms with van der Waals surface area (Å²) in [7, 11) is 1.89. The Kier molecular flexibility index (Phi) is 3.50. The summed E-state index contributed by atoms with van der Waals surface area (Å²) in [5.41, 5.74) is 2.49. The fraction of sp³-hybridized carbons (Fsp3) is 0.750. The monoisotopic (exact) mass is 260 g/mol. The molecule has 0 bridgehead atoms. The second-order valence-electron chi connectivity index (χ2n) is 5.00. The van der Waals surface area contributed by atoms with Gasteiger partial charge in [-0.15, -0.1) is 11.6 Å². The van der Waals surface area contributed by atoms with Gasteiger partial charge in [-0.05, 0) is 31.6 Å². The summed E-state index contributed by atoms with van der Waals surface area (Å²) in [5.74, 6) is 0.734. The first-order valence-electron chi connectivity index (χ1n) is 5.82. The van der Waals surface area contributed by atoms with Crippen molar-refractivity contribution in [3.63, 3.8) is 0 Å². The molecule has 1 fully saturated rings. The second kappa shape index (κ2) is 4.58. The van der Waals surface area contributed by atoms with Crippen LogP contribution in [0.15, 0.2) is 0 Å². The predicted molar refractivity (Wildman–Crippen MR) is 68.3 cm³/mol. The summed E-state index contributed by atoms with van der Waals surface area (Å²) in [6, 6.07) is 0. The molecule has 1 aromatic rings. The van der Waals surface area contributed by atoms with Gasteiger partial charge in [0, 0.05) is 18.5 Å². The van der Waals surface area contributed by atoms with E-state index in [1.54, 1.807) is 4.68 Å². The fourth-order valence-electron chi connectivity index (χ4n) is 2.73. The number of aromatic nitrogens is 2. The molecule has 0 amide bonds. The van der Waals surface area contributed by atoms with Gasteiger partial charge in [-0.25, -0.2) is 0 Å². The minimum Gasteiger partial charge on any atom is -0.257 e. The number of hydrogen-bond acceptors (Lipinski definition) is 1. The summed E-state index contributed by atoms with van der Waals surface area (Å²) in [4.78, 5) is 0. The van der Waals surface area contributed by atoms with Gasteiger partial charge in [0.05, 0.1) is 5.69 Å². The van der Waals surface area contributed by atoms with Crippen molar-refractivity contribution in [3.05, 3.63) is 16.4 Å². The van der Waals surface area contributed by atoms with Crippen LogP contribution in [0, 0.1) is 12.3 Å². The lowest BCUT2D eigenvalue weighted by Crippen LogP contribution is -2.22. The zero-order chi connectivity index (χ0) is 11.8. The van der Waals surface area contributed by atoms with Crippen LogP contribution in [0.4, 0.5) is 0 Å². The third kappa shape index (κ3) is 2.10. The van der Waals surface area contributed by atoms with Crippen molar-refractivity contribution in [2.75, 3.05) is 5.88 Å².